The molecule has 0 radical (unpaired) electrons. The minimum atomic E-state index is 0. The zero-order chi connectivity index (χ0) is 8.72. The molecule has 1 aromatic carbocycles. The van der Waals surface area contributed by atoms with Crippen LogP contribution in [0.15, 0.2) is 23.4 Å². The number of aromatic nitrogens is 2. The van der Waals surface area contributed by atoms with Crippen LogP contribution in [0, 0.1) is 6.92 Å². The third-order valence-corrected chi connectivity index (χ3v) is 2.49. The van der Waals surface area contributed by atoms with Crippen LogP contribution in [0.25, 0.3) is 11.0 Å². The molecule has 1 aromatic heterocycles. The summed E-state index contributed by atoms with van der Waals surface area (Å²) in [5.41, 5.74) is 3.38. The van der Waals surface area contributed by atoms with Gasteiger partial charge in [0.15, 0.2) is 5.16 Å². The van der Waals surface area contributed by atoms with Crippen molar-refractivity contribution in [1.29, 1.82) is 0 Å². The topological polar surface area (TPSA) is 17.8 Å². The molecular weight excluding hydrogens is 234 g/mol. The van der Waals surface area contributed by atoms with Gasteiger partial charge in [-0.2, -0.15) is 0 Å². The summed E-state index contributed by atoms with van der Waals surface area (Å²) >= 11 is 4.26. The van der Waals surface area contributed by atoms with Crippen molar-refractivity contribution in [3.8, 4) is 0 Å². The number of benzene rings is 1. The monoisotopic (exact) mass is 242 g/mol. The van der Waals surface area contributed by atoms with Crippen LogP contribution < -0.4 is 0 Å². The fourth-order valence-corrected chi connectivity index (χ4v) is 1.55. The van der Waals surface area contributed by atoms with E-state index >= 15 is 0 Å². The fourth-order valence-electron chi connectivity index (χ4n) is 1.34. The van der Waals surface area contributed by atoms with Gasteiger partial charge in [-0.05, 0) is 18.6 Å². The number of thiol groups is 1. The van der Waals surface area contributed by atoms with Crippen molar-refractivity contribution in [2.24, 2.45) is 7.05 Å². The predicted molar refractivity (Wildman–Crippen MR) is 52.7 cm³/mol. The molecule has 4 heteroatoms. The molecule has 0 aliphatic carbocycles. The maximum Gasteiger partial charge on any atom is 0.165 e. The van der Waals surface area contributed by atoms with Gasteiger partial charge < -0.3 is 4.57 Å². The maximum absolute atomic E-state index is 4.34. The molecule has 0 aliphatic rings. The molecule has 0 atom stereocenters. The maximum atomic E-state index is 4.34. The van der Waals surface area contributed by atoms with Gasteiger partial charge >= 0.3 is 0 Å². The van der Waals surface area contributed by atoms with E-state index in [1.54, 1.807) is 0 Å². The van der Waals surface area contributed by atoms with Crippen LogP contribution in [0.5, 0.6) is 0 Å². The number of para-hydroxylation sites is 1. The Bertz CT molecular complexity index is 436. The van der Waals surface area contributed by atoms with Gasteiger partial charge in [-0.15, -0.1) is 12.6 Å². The normalized spacial score (nSPS) is 10.1. The molecule has 0 bridgehead atoms. The Labute approximate surface area is 95.5 Å². The Morgan fingerprint density at radius 2 is 2.08 bits per heavy atom. The SMILES string of the molecule is Cc1cccc2c1nc(S)n2C.[Zn]. The Morgan fingerprint density at radius 3 is 2.69 bits per heavy atom. The summed E-state index contributed by atoms with van der Waals surface area (Å²) in [5.74, 6) is 0. The molecule has 0 N–H and O–H groups in total. The van der Waals surface area contributed by atoms with Crippen molar-refractivity contribution in [2.75, 3.05) is 0 Å². The summed E-state index contributed by atoms with van der Waals surface area (Å²) in [6.07, 6.45) is 0. The first-order valence-corrected chi connectivity index (χ1v) is 4.26. The average molecular weight is 244 g/mol. The smallest absolute Gasteiger partial charge is 0.165 e. The number of fused-ring (bicyclic) bond motifs is 1. The van der Waals surface area contributed by atoms with Crippen molar-refractivity contribution in [1.82, 2.24) is 9.55 Å². The Morgan fingerprint density at radius 1 is 1.38 bits per heavy atom. The summed E-state index contributed by atoms with van der Waals surface area (Å²) in [4.78, 5) is 4.34. The van der Waals surface area contributed by atoms with Gasteiger partial charge in [0, 0.05) is 26.5 Å². The second-order valence-electron chi connectivity index (χ2n) is 2.91. The third kappa shape index (κ3) is 1.65. The number of imidazole rings is 1. The Balaban J connectivity index is 0.000000845. The summed E-state index contributed by atoms with van der Waals surface area (Å²) in [6, 6.07) is 6.14. The molecule has 0 unspecified atom stereocenters. The van der Waals surface area contributed by atoms with E-state index in [-0.39, 0.29) is 19.5 Å². The van der Waals surface area contributed by atoms with E-state index in [1.165, 1.54) is 5.56 Å². The Hall–Kier alpha value is -0.337. The first-order valence-electron chi connectivity index (χ1n) is 3.81. The summed E-state index contributed by atoms with van der Waals surface area (Å²) in [7, 11) is 1.97. The van der Waals surface area contributed by atoms with Gasteiger partial charge in [-0.3, -0.25) is 0 Å². The number of hydrogen-bond donors (Lipinski definition) is 1. The summed E-state index contributed by atoms with van der Waals surface area (Å²) in [6.45, 7) is 2.06. The van der Waals surface area contributed by atoms with Crippen LogP contribution in [0.3, 0.4) is 0 Å². The largest absolute Gasteiger partial charge is 0.322 e. The zero-order valence-corrected chi connectivity index (χ0v) is 11.6. The van der Waals surface area contributed by atoms with Gasteiger partial charge in [0.1, 0.15) is 0 Å². The van der Waals surface area contributed by atoms with E-state index in [9.17, 15) is 0 Å². The first kappa shape index (κ1) is 10.7. The van der Waals surface area contributed by atoms with Gasteiger partial charge in [-0.25, -0.2) is 4.98 Å². The number of hydrogen-bond acceptors (Lipinski definition) is 2. The van der Waals surface area contributed by atoms with Crippen LogP contribution in [0.1, 0.15) is 5.56 Å². The first-order chi connectivity index (χ1) is 5.70. The van der Waals surface area contributed by atoms with Crippen molar-refractivity contribution in [3.63, 3.8) is 0 Å². The minimum Gasteiger partial charge on any atom is -0.322 e. The van der Waals surface area contributed by atoms with Crippen molar-refractivity contribution < 1.29 is 19.5 Å². The molecule has 0 fully saturated rings. The van der Waals surface area contributed by atoms with Crippen LogP contribution >= 0.6 is 12.6 Å². The molecule has 1 heterocycles. The van der Waals surface area contributed by atoms with Crippen molar-refractivity contribution >= 4 is 23.7 Å². The van der Waals surface area contributed by atoms with E-state index in [0.717, 1.165) is 16.2 Å². The number of rotatable bonds is 0. The summed E-state index contributed by atoms with van der Waals surface area (Å²) in [5, 5.41) is 0.763. The molecule has 13 heavy (non-hydrogen) atoms. The van der Waals surface area contributed by atoms with Crippen LogP contribution in [-0.2, 0) is 26.5 Å². The predicted octanol–water partition coefficient (Wildman–Crippen LogP) is 2.17. The van der Waals surface area contributed by atoms with Gasteiger partial charge in [0.25, 0.3) is 0 Å². The van der Waals surface area contributed by atoms with Crippen molar-refractivity contribution in [3.05, 3.63) is 23.8 Å². The molecule has 0 saturated heterocycles. The molecule has 2 aromatic rings. The second-order valence-corrected chi connectivity index (χ2v) is 3.31. The molecule has 64 valence electrons. The fraction of sp³-hybridized carbons (Fsp3) is 0.222. The van der Waals surface area contributed by atoms with E-state index in [0.29, 0.717) is 0 Å². The molecular formula is C9H10N2SZn. The van der Waals surface area contributed by atoms with Crippen LogP contribution in [0.4, 0.5) is 0 Å². The van der Waals surface area contributed by atoms with E-state index in [2.05, 4.69) is 36.7 Å². The van der Waals surface area contributed by atoms with Gasteiger partial charge in [0.2, 0.25) is 0 Å². The van der Waals surface area contributed by atoms with Crippen LogP contribution in [0.2, 0.25) is 0 Å². The molecule has 0 saturated carbocycles. The minimum absolute atomic E-state index is 0. The van der Waals surface area contributed by atoms with Crippen LogP contribution in [-0.4, -0.2) is 9.55 Å². The molecule has 2 rings (SSSR count). The zero-order valence-electron chi connectivity index (χ0n) is 7.78. The third-order valence-electron chi connectivity index (χ3n) is 2.09. The number of aryl methyl sites for hydroxylation is 2. The van der Waals surface area contributed by atoms with Gasteiger partial charge in [-0.1, -0.05) is 12.1 Å². The van der Waals surface area contributed by atoms with Crippen molar-refractivity contribution in [2.45, 2.75) is 12.1 Å². The van der Waals surface area contributed by atoms with E-state index in [1.807, 2.05) is 17.7 Å². The molecule has 0 spiro atoms. The Kier molecular flexibility index (Phi) is 3.15. The van der Waals surface area contributed by atoms with E-state index < -0.39 is 0 Å². The molecule has 0 aliphatic heterocycles. The summed E-state index contributed by atoms with van der Waals surface area (Å²) < 4.78 is 1.98. The quantitative estimate of drug-likeness (QED) is 0.555. The second kappa shape index (κ2) is 3.81. The standard InChI is InChI=1S/C9H10N2S.Zn/c1-6-4-3-5-7-8(6)10-9(12)11(7)2;/h3-5H,1-2H3,(H,10,12);. The van der Waals surface area contributed by atoms with Gasteiger partial charge in [0.05, 0.1) is 11.0 Å². The average Bonchev–Trinajstić information content (AvgIpc) is 2.32. The van der Waals surface area contributed by atoms with E-state index in [4.69, 9.17) is 0 Å². The number of nitrogens with zero attached hydrogens (tertiary/aromatic N) is 2. The molecule has 2 nitrogen and oxygen atoms in total. The molecule has 0 amide bonds.